The normalized spacial score (nSPS) is 24.5. The van der Waals surface area contributed by atoms with Gasteiger partial charge in [0.2, 0.25) is 0 Å². The van der Waals surface area contributed by atoms with Crippen molar-refractivity contribution < 1.29 is 4.79 Å². The molecule has 2 bridgehead atoms. The minimum absolute atomic E-state index is 0.0427. The van der Waals surface area contributed by atoms with E-state index in [0.717, 1.165) is 24.9 Å². The van der Waals surface area contributed by atoms with Crippen LogP contribution in [0.15, 0.2) is 54.6 Å². The van der Waals surface area contributed by atoms with Crippen LogP contribution in [0.3, 0.4) is 0 Å². The van der Waals surface area contributed by atoms with Crippen LogP contribution in [0.4, 0.5) is 4.79 Å². The Labute approximate surface area is 168 Å². The maximum atomic E-state index is 12.4. The van der Waals surface area contributed by atoms with Crippen molar-refractivity contribution in [3.05, 3.63) is 71.3 Å². The lowest BCUT2D eigenvalue weighted by atomic mass is 9.81. The third-order valence-corrected chi connectivity index (χ3v) is 6.24. The summed E-state index contributed by atoms with van der Waals surface area (Å²) in [7, 11) is 0. The summed E-state index contributed by atoms with van der Waals surface area (Å²) >= 11 is 0. The quantitative estimate of drug-likeness (QED) is 0.812. The number of carbonyl (C=O) groups excluding carboxylic acids is 1. The smallest absolute Gasteiger partial charge is 0.315 e. The third kappa shape index (κ3) is 4.74. The number of nitrogens with zero attached hydrogens (tertiary/aromatic N) is 1. The first-order valence-corrected chi connectivity index (χ1v) is 10.6. The lowest BCUT2D eigenvalue weighted by molar-refractivity contribution is 0.0197. The number of carbonyl (C=O) groups is 1. The summed E-state index contributed by atoms with van der Waals surface area (Å²) < 4.78 is 0. The van der Waals surface area contributed by atoms with E-state index in [2.05, 4.69) is 46.7 Å². The van der Waals surface area contributed by atoms with E-state index >= 15 is 0 Å². The van der Waals surface area contributed by atoms with Gasteiger partial charge in [-0.25, -0.2) is 4.79 Å². The molecule has 0 spiro atoms. The Hall–Kier alpha value is -2.33. The molecule has 2 fully saturated rings. The number of benzene rings is 2. The number of fused-ring (bicyclic) bond motifs is 2. The van der Waals surface area contributed by atoms with Crippen LogP contribution >= 0.6 is 0 Å². The van der Waals surface area contributed by atoms with Crippen LogP contribution in [0.5, 0.6) is 0 Å². The number of hydrogen-bond acceptors (Lipinski definition) is 2. The van der Waals surface area contributed by atoms with Crippen molar-refractivity contribution in [2.75, 3.05) is 0 Å². The van der Waals surface area contributed by atoms with Crippen LogP contribution in [0.1, 0.15) is 48.8 Å². The summed E-state index contributed by atoms with van der Waals surface area (Å²) in [5.41, 5.74) is 3.84. The van der Waals surface area contributed by atoms with Crippen molar-refractivity contribution in [2.45, 2.75) is 70.2 Å². The fourth-order valence-electron chi connectivity index (χ4n) is 4.77. The molecule has 2 aliphatic heterocycles. The molecule has 0 aromatic heterocycles. The van der Waals surface area contributed by atoms with Gasteiger partial charge in [0.05, 0.1) is 0 Å². The molecule has 4 heteroatoms. The van der Waals surface area contributed by atoms with E-state index in [-0.39, 0.29) is 12.1 Å². The Morgan fingerprint density at radius 3 is 2.32 bits per heavy atom. The lowest BCUT2D eigenvalue weighted by Crippen LogP contribution is -2.57. The molecule has 2 aromatic carbocycles. The Morgan fingerprint density at radius 2 is 1.64 bits per heavy atom. The number of hydrogen-bond donors (Lipinski definition) is 2. The largest absolute Gasteiger partial charge is 0.335 e. The lowest BCUT2D eigenvalue weighted by Gasteiger charge is -2.49. The Morgan fingerprint density at radius 1 is 0.964 bits per heavy atom. The summed E-state index contributed by atoms with van der Waals surface area (Å²) in [6.45, 7) is 3.74. The van der Waals surface area contributed by atoms with E-state index in [9.17, 15) is 4.79 Å². The molecule has 2 amide bonds. The first-order chi connectivity index (χ1) is 13.7. The molecule has 0 radical (unpaired) electrons. The predicted octanol–water partition coefficient (Wildman–Crippen LogP) is 4.38. The molecule has 0 saturated carbocycles. The van der Waals surface area contributed by atoms with Gasteiger partial charge in [0.15, 0.2) is 0 Å². The highest BCUT2D eigenvalue weighted by Gasteiger charge is 2.38. The average Bonchev–Trinajstić information content (AvgIpc) is 2.69. The summed E-state index contributed by atoms with van der Waals surface area (Å²) in [6, 6.07) is 20.4. The maximum Gasteiger partial charge on any atom is 0.315 e. The van der Waals surface area contributed by atoms with Crippen LogP contribution in [0.25, 0.3) is 0 Å². The average molecular weight is 378 g/mol. The van der Waals surface area contributed by atoms with Crippen LogP contribution in [-0.4, -0.2) is 29.1 Å². The van der Waals surface area contributed by atoms with Crippen molar-refractivity contribution in [3.63, 3.8) is 0 Å². The summed E-state index contributed by atoms with van der Waals surface area (Å²) in [4.78, 5) is 15.1. The fourth-order valence-corrected chi connectivity index (χ4v) is 4.77. The molecule has 2 unspecified atom stereocenters. The zero-order chi connectivity index (χ0) is 19.3. The zero-order valence-corrected chi connectivity index (χ0v) is 16.7. The number of amides is 2. The molecule has 2 aromatic rings. The highest BCUT2D eigenvalue weighted by atomic mass is 16.2. The minimum Gasteiger partial charge on any atom is -0.335 e. The van der Waals surface area contributed by atoms with Crippen LogP contribution in [-0.2, 0) is 13.1 Å². The van der Waals surface area contributed by atoms with E-state index < -0.39 is 0 Å². The molecule has 0 aliphatic carbocycles. The molecule has 2 heterocycles. The molecule has 2 saturated heterocycles. The molecule has 148 valence electrons. The molecule has 4 rings (SSSR count). The minimum atomic E-state index is -0.0427. The third-order valence-electron chi connectivity index (χ3n) is 6.24. The van der Waals surface area contributed by atoms with Gasteiger partial charge >= 0.3 is 6.03 Å². The van der Waals surface area contributed by atoms with Crippen LogP contribution in [0.2, 0.25) is 0 Å². The summed E-state index contributed by atoms with van der Waals surface area (Å²) in [6.07, 6.45) is 5.91. The topological polar surface area (TPSA) is 44.4 Å². The predicted molar refractivity (Wildman–Crippen MR) is 113 cm³/mol. The van der Waals surface area contributed by atoms with E-state index in [1.165, 1.54) is 30.4 Å². The van der Waals surface area contributed by atoms with Crippen molar-refractivity contribution in [1.82, 2.24) is 15.5 Å². The molecule has 4 nitrogen and oxygen atoms in total. The summed E-state index contributed by atoms with van der Waals surface area (Å²) in [5, 5.41) is 6.24. The maximum absolute atomic E-state index is 12.4. The molecule has 2 atom stereocenters. The van der Waals surface area contributed by atoms with Crippen molar-refractivity contribution in [2.24, 2.45) is 0 Å². The van der Waals surface area contributed by atoms with Gasteiger partial charge in [0.25, 0.3) is 0 Å². The Balaban J connectivity index is 1.31. The van der Waals surface area contributed by atoms with Crippen LogP contribution in [0, 0.1) is 6.92 Å². The standard InChI is InChI=1S/C24H31N3O/c1-18-10-12-20(13-11-18)17-27-22-8-5-9-23(27)15-21(14-22)26-24(28)25-16-19-6-3-2-4-7-19/h2-4,6-7,10-13,21-23H,5,8-9,14-17H2,1H3,(H2,25,26,28). The van der Waals surface area contributed by atoms with Gasteiger partial charge in [-0.3, -0.25) is 4.90 Å². The van der Waals surface area contributed by atoms with Gasteiger partial charge in [0.1, 0.15) is 0 Å². The second-order valence-corrected chi connectivity index (χ2v) is 8.38. The first kappa shape index (κ1) is 19.0. The van der Waals surface area contributed by atoms with Gasteiger partial charge in [-0.05, 0) is 43.7 Å². The zero-order valence-electron chi connectivity index (χ0n) is 16.7. The van der Waals surface area contributed by atoms with Gasteiger partial charge in [-0.1, -0.05) is 66.6 Å². The van der Waals surface area contributed by atoms with Crippen LogP contribution < -0.4 is 10.6 Å². The highest BCUT2D eigenvalue weighted by Crippen LogP contribution is 2.35. The van der Waals surface area contributed by atoms with E-state index in [1.807, 2.05) is 30.3 Å². The number of urea groups is 1. The summed E-state index contributed by atoms with van der Waals surface area (Å²) in [5.74, 6) is 0. The van der Waals surface area contributed by atoms with Gasteiger partial charge < -0.3 is 10.6 Å². The van der Waals surface area contributed by atoms with E-state index in [4.69, 9.17) is 0 Å². The monoisotopic (exact) mass is 377 g/mol. The van der Waals surface area contributed by atoms with Crippen molar-refractivity contribution in [1.29, 1.82) is 0 Å². The number of rotatable bonds is 5. The number of aryl methyl sites for hydroxylation is 1. The molecule has 2 N–H and O–H groups in total. The Bertz CT molecular complexity index is 760. The second kappa shape index (κ2) is 8.78. The molecular weight excluding hydrogens is 346 g/mol. The van der Waals surface area contributed by atoms with Gasteiger partial charge in [-0.15, -0.1) is 0 Å². The number of piperidine rings is 2. The SMILES string of the molecule is Cc1ccc(CN2C3CCCC2CC(NC(=O)NCc2ccccc2)C3)cc1. The molecule has 28 heavy (non-hydrogen) atoms. The van der Waals surface area contributed by atoms with Crippen molar-refractivity contribution in [3.8, 4) is 0 Å². The van der Waals surface area contributed by atoms with Gasteiger partial charge in [0, 0.05) is 31.2 Å². The van der Waals surface area contributed by atoms with E-state index in [1.54, 1.807) is 0 Å². The molecular formula is C24H31N3O. The van der Waals surface area contributed by atoms with Gasteiger partial charge in [-0.2, -0.15) is 0 Å². The Kier molecular flexibility index (Phi) is 5.96. The highest BCUT2D eigenvalue weighted by molar-refractivity contribution is 5.74. The van der Waals surface area contributed by atoms with Crippen molar-refractivity contribution >= 4 is 6.03 Å². The molecule has 2 aliphatic rings. The fraction of sp³-hybridized carbons (Fsp3) is 0.458. The number of nitrogens with one attached hydrogen (secondary N) is 2. The van der Waals surface area contributed by atoms with E-state index in [0.29, 0.717) is 18.6 Å². The second-order valence-electron chi connectivity index (χ2n) is 8.38. The first-order valence-electron chi connectivity index (χ1n) is 10.6.